The van der Waals surface area contributed by atoms with Crippen LogP contribution in [0.1, 0.15) is 19.4 Å². The first-order chi connectivity index (χ1) is 24.4. The molecule has 2 nitrogen and oxygen atoms in total. The van der Waals surface area contributed by atoms with Crippen LogP contribution >= 0.6 is 11.3 Å². The molecule has 0 aliphatic carbocycles. The average molecular weight is 890 g/mol. The normalized spacial score (nSPS) is 15.4. The van der Waals surface area contributed by atoms with E-state index >= 15 is 0 Å². The Labute approximate surface area is 308 Å². The molecule has 0 saturated carbocycles. The van der Waals surface area contributed by atoms with Crippen molar-refractivity contribution in [2.75, 3.05) is 0 Å². The summed E-state index contributed by atoms with van der Waals surface area (Å²) in [5.41, 5.74) is 5.36. The number of pyridine rings is 2. The van der Waals surface area contributed by atoms with Crippen molar-refractivity contribution in [2.24, 2.45) is 0 Å². The van der Waals surface area contributed by atoms with E-state index in [1.165, 1.54) is 42.9 Å². The summed E-state index contributed by atoms with van der Waals surface area (Å²) in [7, 11) is -1.81. The number of aryl methyl sites for hydroxylation is 2. The fourth-order valence-corrected chi connectivity index (χ4v) is 12.9. The third-order valence-corrected chi connectivity index (χ3v) is 17.9. The molecule has 7 aromatic rings. The molecule has 1 aliphatic rings. The molecule has 4 aromatic carbocycles. The fraction of sp³-hybridized carbons (Fsp3) is 0.171. The minimum Gasteiger partial charge on any atom is 0 e. The Morgan fingerprint density at radius 1 is 0.723 bits per heavy atom. The Hall–Kier alpha value is -3.19. The van der Waals surface area contributed by atoms with E-state index in [4.69, 9.17) is 8.22 Å². The first kappa shape index (κ1) is 26.7. The van der Waals surface area contributed by atoms with Crippen LogP contribution in [-0.4, -0.2) is 31.3 Å². The number of thiophene rings is 1. The van der Waals surface area contributed by atoms with Gasteiger partial charge in [0.2, 0.25) is 0 Å². The zero-order valence-electron chi connectivity index (χ0n) is 33.0. The number of rotatable bonds is 3. The topological polar surface area (TPSA) is 25.8 Å². The van der Waals surface area contributed by atoms with Crippen molar-refractivity contribution in [3.63, 3.8) is 0 Å². The molecular weight excluding hydrogens is 845 g/mol. The second-order valence-corrected chi connectivity index (χ2v) is 29.4. The molecule has 0 atom stereocenters. The summed E-state index contributed by atoms with van der Waals surface area (Å²) in [5.74, 6) is 7.14. The second-order valence-electron chi connectivity index (χ2n) is 13.3. The van der Waals surface area contributed by atoms with Crippen molar-refractivity contribution in [1.29, 1.82) is 0 Å². The Morgan fingerprint density at radius 3 is 2.23 bits per heavy atom. The number of hydrogen-bond acceptors (Lipinski definition) is 3. The van der Waals surface area contributed by atoms with Crippen LogP contribution < -0.4 is 14.8 Å². The van der Waals surface area contributed by atoms with Gasteiger partial charge < -0.3 is 4.98 Å². The fourth-order valence-electron chi connectivity index (χ4n) is 6.27. The second kappa shape index (κ2) is 13.0. The summed E-state index contributed by atoms with van der Waals surface area (Å²) < 4.78 is 50.7. The molecule has 0 saturated heterocycles. The first-order valence-electron chi connectivity index (χ1n) is 18.4. The van der Waals surface area contributed by atoms with Gasteiger partial charge in [0.15, 0.2) is 0 Å². The standard InChI is InChI=1S/C27H22NSSi.C14H16GeN.Ir/c1-16-12-23(28-15-17(16)2)20-10-7-9-19-21-13-22-18-8-5-6-11-25(18)30(3,4)26(22)14-24(21)29-27(19)20;1-15(2,3)13-9-10-14(16-11-13)12-7-5-4-6-8-12;/h5-9,11-15H,1-4H3;4-7,9-11H,1-3H3;/q2*-1;/i1D3,2D3;;. The Kier molecular flexibility index (Phi) is 7.40. The van der Waals surface area contributed by atoms with Crippen molar-refractivity contribution >= 4 is 67.6 Å². The van der Waals surface area contributed by atoms with E-state index in [0.29, 0.717) is 11.3 Å². The van der Waals surface area contributed by atoms with Crippen LogP contribution in [0.25, 0.3) is 53.8 Å². The van der Waals surface area contributed by atoms with Crippen molar-refractivity contribution in [3.8, 4) is 33.6 Å². The molecule has 6 heteroatoms. The molecular formula is C41H38GeIrN2SSi-2. The maximum atomic E-state index is 7.93. The molecule has 3 aromatic heterocycles. The maximum absolute atomic E-state index is 7.93. The van der Waals surface area contributed by atoms with Crippen molar-refractivity contribution < 1.29 is 28.3 Å². The predicted octanol–water partition coefficient (Wildman–Crippen LogP) is 9.43. The van der Waals surface area contributed by atoms with Gasteiger partial charge >= 0.3 is 99.8 Å². The SMILES string of the molecule is [2H]C([2H])([2H])c1cnc(-c2[c-]ccc3c2sc2cc4c(cc23)-c2ccccc2[Si]4(C)C)cc1C([2H])([2H])[2H].[CH3][Ge]([CH3])([CH3])[c]1ccc(-c2[c-]cccc2)nc1.[Ir]. The van der Waals surface area contributed by atoms with Crippen LogP contribution in [-0.2, 0) is 20.1 Å². The molecule has 0 fully saturated rings. The zero-order valence-corrected chi connectivity index (χ0v) is 33.3. The molecule has 0 unspecified atom stereocenters. The van der Waals surface area contributed by atoms with Gasteiger partial charge in [0.1, 0.15) is 8.07 Å². The molecule has 0 amide bonds. The largest absolute Gasteiger partial charge is 0 e. The van der Waals surface area contributed by atoms with Gasteiger partial charge in [-0.2, -0.15) is 11.3 Å². The van der Waals surface area contributed by atoms with E-state index in [2.05, 4.69) is 101 Å². The van der Waals surface area contributed by atoms with Gasteiger partial charge in [0, 0.05) is 39.2 Å². The number of aromatic nitrogens is 2. The van der Waals surface area contributed by atoms with Crippen LogP contribution in [0, 0.1) is 25.8 Å². The minimum atomic E-state index is -2.57. The third-order valence-electron chi connectivity index (χ3n) is 8.91. The van der Waals surface area contributed by atoms with Crippen LogP contribution in [0.4, 0.5) is 0 Å². The number of hydrogen-bond donors (Lipinski definition) is 0. The summed E-state index contributed by atoms with van der Waals surface area (Å²) in [6.07, 6.45) is 3.22. The molecule has 0 bridgehead atoms. The van der Waals surface area contributed by atoms with E-state index in [1.807, 2.05) is 42.6 Å². The Balaban J connectivity index is 0.000000238. The van der Waals surface area contributed by atoms with Gasteiger partial charge in [-0.3, -0.25) is 0 Å². The number of fused-ring (bicyclic) bond motifs is 6. The molecule has 237 valence electrons. The van der Waals surface area contributed by atoms with E-state index in [1.54, 1.807) is 11.3 Å². The molecule has 0 spiro atoms. The van der Waals surface area contributed by atoms with Gasteiger partial charge in [0.05, 0.1) is 0 Å². The van der Waals surface area contributed by atoms with Gasteiger partial charge in [-0.1, -0.05) is 54.4 Å². The average Bonchev–Trinajstić information content (AvgIpc) is 3.58. The van der Waals surface area contributed by atoms with Crippen LogP contribution in [0.2, 0.25) is 30.4 Å². The summed E-state index contributed by atoms with van der Waals surface area (Å²) in [6, 6.07) is 37.3. The zero-order chi connectivity index (χ0) is 37.2. The van der Waals surface area contributed by atoms with Crippen LogP contribution in [0.15, 0.2) is 103 Å². The summed E-state index contributed by atoms with van der Waals surface area (Å²) in [4.78, 5) is 8.93. The van der Waals surface area contributed by atoms with Crippen LogP contribution in [0.5, 0.6) is 0 Å². The number of benzene rings is 4. The molecule has 47 heavy (non-hydrogen) atoms. The van der Waals surface area contributed by atoms with E-state index in [9.17, 15) is 0 Å². The Morgan fingerprint density at radius 2 is 1.51 bits per heavy atom. The quantitative estimate of drug-likeness (QED) is 0.131. The summed E-state index contributed by atoms with van der Waals surface area (Å²) in [5, 5.41) is 5.11. The van der Waals surface area contributed by atoms with Crippen molar-refractivity contribution in [3.05, 3.63) is 127 Å². The minimum absolute atomic E-state index is 0. The molecule has 0 N–H and O–H groups in total. The maximum Gasteiger partial charge on any atom is 0 e. The summed E-state index contributed by atoms with van der Waals surface area (Å²) in [6.45, 7) is -0.346. The monoisotopic (exact) mass is 891 g/mol. The van der Waals surface area contributed by atoms with Crippen molar-refractivity contribution in [2.45, 2.75) is 44.1 Å². The predicted molar refractivity (Wildman–Crippen MR) is 205 cm³/mol. The van der Waals surface area contributed by atoms with Crippen LogP contribution in [0.3, 0.4) is 0 Å². The summed E-state index contributed by atoms with van der Waals surface area (Å²) >= 11 is -0.0649. The number of nitrogens with zero attached hydrogens (tertiary/aromatic N) is 2. The Bertz CT molecular complexity index is 2460. The van der Waals surface area contributed by atoms with E-state index in [0.717, 1.165) is 26.7 Å². The van der Waals surface area contributed by atoms with Gasteiger partial charge in [-0.25, -0.2) is 0 Å². The molecule has 1 aliphatic heterocycles. The molecule has 4 heterocycles. The smallest absolute Gasteiger partial charge is 0 e. The van der Waals surface area contributed by atoms with E-state index in [-0.39, 0.29) is 31.2 Å². The van der Waals surface area contributed by atoms with E-state index < -0.39 is 35.0 Å². The third kappa shape index (κ3) is 6.25. The molecule has 8 rings (SSSR count). The van der Waals surface area contributed by atoms with Gasteiger partial charge in [-0.05, 0) is 68.7 Å². The van der Waals surface area contributed by atoms with Gasteiger partial charge in [0.25, 0.3) is 0 Å². The van der Waals surface area contributed by atoms with Crippen molar-refractivity contribution in [1.82, 2.24) is 9.97 Å². The molecule has 1 radical (unpaired) electrons. The first-order valence-corrected chi connectivity index (χ1v) is 26.6. The van der Waals surface area contributed by atoms with Gasteiger partial charge in [-0.15, -0.1) is 23.8 Å².